The minimum absolute atomic E-state index is 0.138. The molecule has 0 bridgehead atoms. The first-order valence-electron chi connectivity index (χ1n) is 3.34. The van der Waals surface area contributed by atoms with Crippen molar-refractivity contribution < 1.29 is 9.59 Å². The molecule has 0 fully saturated rings. The van der Waals surface area contributed by atoms with Crippen molar-refractivity contribution in [2.75, 3.05) is 0 Å². The first-order valence-corrected chi connectivity index (χ1v) is 3.34. The van der Waals surface area contributed by atoms with Crippen molar-refractivity contribution >= 4 is 11.8 Å². The molecule has 0 aromatic carbocycles. The van der Waals surface area contributed by atoms with Crippen molar-refractivity contribution in [3.63, 3.8) is 0 Å². The van der Waals surface area contributed by atoms with Crippen LogP contribution in [0.25, 0.3) is 0 Å². The number of aromatic amines is 1. The molecule has 1 rings (SSSR count). The van der Waals surface area contributed by atoms with E-state index >= 15 is 0 Å². The molecule has 5 N–H and O–H groups in total. The Labute approximate surface area is 72.5 Å². The van der Waals surface area contributed by atoms with Crippen molar-refractivity contribution in [1.82, 2.24) is 4.98 Å². The van der Waals surface area contributed by atoms with Crippen LogP contribution in [-0.4, -0.2) is 16.8 Å². The lowest BCUT2D eigenvalue weighted by Crippen LogP contribution is -2.22. The van der Waals surface area contributed by atoms with Crippen LogP contribution in [0, 0.1) is 0 Å². The number of rotatable bonds is 2. The van der Waals surface area contributed by atoms with Crippen LogP contribution >= 0.6 is 0 Å². The molecule has 0 spiro atoms. The van der Waals surface area contributed by atoms with Gasteiger partial charge < -0.3 is 16.5 Å². The molecular formula is C7H7N3O3. The third-order valence-electron chi connectivity index (χ3n) is 1.37. The maximum absolute atomic E-state index is 10.9. The lowest BCUT2D eigenvalue weighted by atomic mass is 10.3. The molecule has 0 unspecified atom stereocenters. The summed E-state index contributed by atoms with van der Waals surface area (Å²) in [7, 11) is 0. The molecule has 0 atom stereocenters. The van der Waals surface area contributed by atoms with E-state index in [9.17, 15) is 14.4 Å². The fourth-order valence-corrected chi connectivity index (χ4v) is 0.809. The Morgan fingerprint density at radius 2 is 1.46 bits per heavy atom. The quantitative estimate of drug-likeness (QED) is 0.518. The number of carbonyl (C=O) groups excluding carboxylic acids is 2. The average Bonchev–Trinajstić information content (AvgIpc) is 2.03. The van der Waals surface area contributed by atoms with Crippen LogP contribution in [0.5, 0.6) is 0 Å². The third-order valence-corrected chi connectivity index (χ3v) is 1.37. The van der Waals surface area contributed by atoms with Crippen LogP contribution in [0.4, 0.5) is 0 Å². The topological polar surface area (TPSA) is 119 Å². The molecular weight excluding hydrogens is 174 g/mol. The fourth-order valence-electron chi connectivity index (χ4n) is 0.809. The molecule has 0 saturated carbocycles. The molecule has 2 amide bonds. The van der Waals surface area contributed by atoms with Gasteiger partial charge in [0.15, 0.2) is 5.43 Å². The minimum Gasteiger partial charge on any atom is -0.364 e. The van der Waals surface area contributed by atoms with Gasteiger partial charge in [0.2, 0.25) is 0 Å². The largest absolute Gasteiger partial charge is 0.364 e. The Kier molecular flexibility index (Phi) is 2.14. The van der Waals surface area contributed by atoms with E-state index in [1.807, 2.05) is 0 Å². The Hall–Kier alpha value is -2.11. The molecule has 0 radical (unpaired) electrons. The average molecular weight is 181 g/mol. The van der Waals surface area contributed by atoms with Crippen molar-refractivity contribution in [2.45, 2.75) is 0 Å². The number of H-pyrrole nitrogens is 1. The van der Waals surface area contributed by atoms with Gasteiger partial charge in [0, 0.05) is 12.1 Å². The number of pyridine rings is 1. The lowest BCUT2D eigenvalue weighted by Gasteiger charge is -1.98. The van der Waals surface area contributed by atoms with Crippen molar-refractivity contribution in [1.29, 1.82) is 0 Å². The maximum atomic E-state index is 10.9. The molecule has 0 aliphatic carbocycles. The van der Waals surface area contributed by atoms with Crippen LogP contribution in [0.1, 0.15) is 21.0 Å². The number of hydrogen-bond acceptors (Lipinski definition) is 3. The van der Waals surface area contributed by atoms with Gasteiger partial charge in [-0.1, -0.05) is 0 Å². The second-order valence-corrected chi connectivity index (χ2v) is 2.37. The van der Waals surface area contributed by atoms with Gasteiger partial charge in [0.05, 0.1) is 0 Å². The Bertz CT molecular complexity index is 386. The number of hydrogen-bond donors (Lipinski definition) is 3. The normalized spacial score (nSPS) is 9.54. The van der Waals surface area contributed by atoms with E-state index in [1.165, 1.54) is 0 Å². The standard InChI is InChI=1S/C7H7N3O3/c8-6(12)4-1-3(11)2-5(10-4)7(9)13/h1-2H,(H2,8,12)(H2,9,13)(H,10,11). The maximum Gasteiger partial charge on any atom is 0.265 e. The summed E-state index contributed by atoms with van der Waals surface area (Å²) in [5, 5.41) is 0. The molecule has 0 aliphatic heterocycles. The minimum atomic E-state index is -0.819. The highest BCUT2D eigenvalue weighted by Crippen LogP contribution is 1.92. The van der Waals surface area contributed by atoms with E-state index in [-0.39, 0.29) is 11.4 Å². The van der Waals surface area contributed by atoms with Crippen LogP contribution in [0.3, 0.4) is 0 Å². The third kappa shape index (κ3) is 1.92. The van der Waals surface area contributed by atoms with Gasteiger partial charge in [0.1, 0.15) is 11.4 Å². The molecule has 1 aromatic heterocycles. The van der Waals surface area contributed by atoms with Crippen molar-refractivity contribution in [3.05, 3.63) is 33.7 Å². The summed E-state index contributed by atoms with van der Waals surface area (Å²) >= 11 is 0. The summed E-state index contributed by atoms with van der Waals surface area (Å²) in [6.07, 6.45) is 0. The van der Waals surface area contributed by atoms with Gasteiger partial charge in [-0.15, -0.1) is 0 Å². The SMILES string of the molecule is NC(=O)c1cc(=O)cc(C(N)=O)[nH]1. The smallest absolute Gasteiger partial charge is 0.265 e. The van der Waals surface area contributed by atoms with E-state index < -0.39 is 17.2 Å². The summed E-state index contributed by atoms with van der Waals surface area (Å²) in [4.78, 5) is 34.5. The Morgan fingerprint density at radius 3 is 1.77 bits per heavy atom. The van der Waals surface area contributed by atoms with E-state index in [4.69, 9.17) is 11.5 Å². The van der Waals surface area contributed by atoms with Crippen LogP contribution < -0.4 is 16.9 Å². The predicted octanol–water partition coefficient (Wildman–Crippen LogP) is -1.43. The summed E-state index contributed by atoms with van der Waals surface area (Å²) < 4.78 is 0. The molecule has 1 aromatic rings. The molecule has 1 heterocycles. The number of nitrogens with two attached hydrogens (primary N) is 2. The zero-order chi connectivity index (χ0) is 10.0. The Balaban J connectivity index is 3.35. The van der Waals surface area contributed by atoms with Gasteiger partial charge in [-0.3, -0.25) is 14.4 Å². The number of amides is 2. The molecule has 6 heteroatoms. The molecule has 0 aliphatic rings. The number of nitrogens with one attached hydrogen (secondary N) is 1. The van der Waals surface area contributed by atoms with E-state index in [1.54, 1.807) is 0 Å². The van der Waals surface area contributed by atoms with Gasteiger partial charge in [0.25, 0.3) is 11.8 Å². The van der Waals surface area contributed by atoms with Crippen LogP contribution in [0.15, 0.2) is 16.9 Å². The first-order chi connectivity index (χ1) is 6.00. The molecule has 6 nitrogen and oxygen atoms in total. The first kappa shape index (κ1) is 8.98. The van der Waals surface area contributed by atoms with Crippen LogP contribution in [0.2, 0.25) is 0 Å². The highest BCUT2D eigenvalue weighted by molar-refractivity contribution is 5.94. The van der Waals surface area contributed by atoms with Crippen LogP contribution in [-0.2, 0) is 0 Å². The number of carbonyl (C=O) groups is 2. The van der Waals surface area contributed by atoms with E-state index in [2.05, 4.69) is 4.98 Å². The summed E-state index contributed by atoms with van der Waals surface area (Å²) in [6, 6.07) is 1.99. The van der Waals surface area contributed by atoms with E-state index in [0.29, 0.717) is 0 Å². The van der Waals surface area contributed by atoms with Gasteiger partial charge in [-0.05, 0) is 0 Å². The number of aromatic nitrogens is 1. The molecule has 68 valence electrons. The fraction of sp³-hybridized carbons (Fsp3) is 0. The second-order valence-electron chi connectivity index (χ2n) is 2.37. The van der Waals surface area contributed by atoms with Gasteiger partial charge in [-0.25, -0.2) is 0 Å². The second kappa shape index (κ2) is 3.10. The van der Waals surface area contributed by atoms with Gasteiger partial charge >= 0.3 is 0 Å². The van der Waals surface area contributed by atoms with Crippen molar-refractivity contribution in [3.8, 4) is 0 Å². The van der Waals surface area contributed by atoms with Gasteiger partial charge in [-0.2, -0.15) is 0 Å². The monoisotopic (exact) mass is 181 g/mol. The summed E-state index contributed by atoms with van der Waals surface area (Å²) in [5.41, 5.74) is 9.01. The summed E-state index contributed by atoms with van der Waals surface area (Å²) in [6.45, 7) is 0. The highest BCUT2D eigenvalue weighted by Gasteiger charge is 2.07. The predicted molar refractivity (Wildman–Crippen MR) is 44.1 cm³/mol. The van der Waals surface area contributed by atoms with E-state index in [0.717, 1.165) is 12.1 Å². The van der Waals surface area contributed by atoms with Crippen molar-refractivity contribution in [2.24, 2.45) is 11.5 Å². The lowest BCUT2D eigenvalue weighted by molar-refractivity contribution is 0.0992. The summed E-state index contributed by atoms with van der Waals surface area (Å²) in [5.74, 6) is -1.64. The molecule has 0 saturated heterocycles. The number of primary amides is 2. The molecule has 13 heavy (non-hydrogen) atoms. The highest BCUT2D eigenvalue weighted by atomic mass is 16.2. The zero-order valence-electron chi connectivity index (χ0n) is 6.53. The Morgan fingerprint density at radius 1 is 1.08 bits per heavy atom. The zero-order valence-corrected chi connectivity index (χ0v) is 6.53.